The van der Waals surface area contributed by atoms with Gasteiger partial charge >= 0.3 is 6.09 Å². The van der Waals surface area contributed by atoms with E-state index in [9.17, 15) is 14.8 Å². The summed E-state index contributed by atoms with van der Waals surface area (Å²) >= 11 is 0. The highest BCUT2D eigenvalue weighted by molar-refractivity contribution is 5.91. The third kappa shape index (κ3) is 4.55. The van der Waals surface area contributed by atoms with E-state index in [4.69, 9.17) is 4.74 Å². The number of carbonyl (C=O) groups excluding carboxylic acids is 2. The average Bonchev–Trinajstić information content (AvgIpc) is 2.27. The van der Waals surface area contributed by atoms with Gasteiger partial charge < -0.3 is 4.74 Å². The molecule has 18 heavy (non-hydrogen) atoms. The molecule has 1 aromatic rings. The average molecular weight is 251 g/mol. The van der Waals surface area contributed by atoms with Crippen molar-refractivity contribution < 1.29 is 19.5 Å². The predicted molar refractivity (Wildman–Crippen MR) is 65.0 cm³/mol. The summed E-state index contributed by atoms with van der Waals surface area (Å²) in [7, 11) is 0. The summed E-state index contributed by atoms with van der Waals surface area (Å²) in [5.41, 5.74) is -0.0458. The second-order valence-electron chi connectivity index (χ2n) is 4.85. The van der Waals surface area contributed by atoms with Gasteiger partial charge in [0.15, 0.2) is 0 Å². The molecule has 0 saturated carbocycles. The van der Waals surface area contributed by atoms with Crippen LogP contribution in [0.5, 0.6) is 0 Å². The number of imide groups is 1. The van der Waals surface area contributed by atoms with E-state index in [0.717, 1.165) is 0 Å². The Morgan fingerprint density at radius 3 is 2.28 bits per heavy atom. The molecule has 0 unspecified atom stereocenters. The Morgan fingerprint density at radius 2 is 1.78 bits per heavy atom. The Hall–Kier alpha value is -1.88. The zero-order valence-corrected chi connectivity index (χ0v) is 10.7. The maximum atomic E-state index is 11.6. The molecule has 0 atom stereocenters. The molecule has 1 aromatic carbocycles. The topological polar surface area (TPSA) is 66.8 Å². The fraction of sp³-hybridized carbons (Fsp3) is 0.385. The Balaban J connectivity index is 2.59. The van der Waals surface area contributed by atoms with Gasteiger partial charge in [0.1, 0.15) is 5.60 Å². The van der Waals surface area contributed by atoms with Gasteiger partial charge in [-0.2, -0.15) is 0 Å². The van der Waals surface area contributed by atoms with E-state index in [1.165, 1.54) is 0 Å². The third-order valence-corrected chi connectivity index (χ3v) is 2.00. The fourth-order valence-corrected chi connectivity index (χ4v) is 1.25. The first-order valence-electron chi connectivity index (χ1n) is 5.58. The number of carbonyl (C=O) groups is 2. The molecule has 1 N–H and O–H groups in total. The van der Waals surface area contributed by atoms with Crippen LogP contribution in [0, 0.1) is 0 Å². The van der Waals surface area contributed by atoms with Gasteiger partial charge in [0.05, 0.1) is 6.42 Å². The maximum absolute atomic E-state index is 11.6. The Bertz CT molecular complexity index is 422. The van der Waals surface area contributed by atoms with E-state index >= 15 is 0 Å². The van der Waals surface area contributed by atoms with Crippen LogP contribution < -0.4 is 0 Å². The summed E-state index contributed by atoms with van der Waals surface area (Å²) in [4.78, 5) is 23.0. The van der Waals surface area contributed by atoms with Crippen LogP contribution in [-0.4, -0.2) is 27.9 Å². The molecule has 5 nitrogen and oxygen atoms in total. The molecule has 0 aliphatic carbocycles. The molecule has 0 spiro atoms. The van der Waals surface area contributed by atoms with Crippen LogP contribution in [0.15, 0.2) is 30.3 Å². The molecule has 0 aliphatic heterocycles. The molecule has 0 aliphatic rings. The second kappa shape index (κ2) is 5.64. The molecule has 0 bridgehead atoms. The van der Waals surface area contributed by atoms with Gasteiger partial charge in [0.25, 0.3) is 5.91 Å². The summed E-state index contributed by atoms with van der Waals surface area (Å²) in [6.45, 7) is 4.96. The van der Waals surface area contributed by atoms with Crippen molar-refractivity contribution in [3.05, 3.63) is 35.9 Å². The van der Waals surface area contributed by atoms with Crippen molar-refractivity contribution in [2.45, 2.75) is 32.8 Å². The van der Waals surface area contributed by atoms with Crippen LogP contribution in [-0.2, 0) is 16.0 Å². The lowest BCUT2D eigenvalue weighted by atomic mass is 10.1. The molecule has 0 radical (unpaired) electrons. The van der Waals surface area contributed by atoms with E-state index < -0.39 is 17.6 Å². The molecule has 0 saturated heterocycles. The first kappa shape index (κ1) is 14.2. The van der Waals surface area contributed by atoms with Gasteiger partial charge in [-0.25, -0.2) is 4.79 Å². The van der Waals surface area contributed by atoms with Crippen molar-refractivity contribution in [3.8, 4) is 0 Å². The van der Waals surface area contributed by atoms with Crippen LogP contribution in [0.1, 0.15) is 26.3 Å². The zero-order valence-electron chi connectivity index (χ0n) is 10.7. The maximum Gasteiger partial charge on any atom is 0.441 e. The minimum absolute atomic E-state index is 0.0122. The molecule has 2 amide bonds. The van der Waals surface area contributed by atoms with Gasteiger partial charge in [-0.3, -0.25) is 10.0 Å². The number of hydrogen-bond acceptors (Lipinski definition) is 4. The lowest BCUT2D eigenvalue weighted by Gasteiger charge is -2.22. The first-order chi connectivity index (χ1) is 8.29. The zero-order chi connectivity index (χ0) is 13.8. The Morgan fingerprint density at radius 1 is 1.22 bits per heavy atom. The summed E-state index contributed by atoms with van der Waals surface area (Å²) in [6.07, 6.45) is -1.13. The molecule has 98 valence electrons. The number of benzene rings is 1. The van der Waals surface area contributed by atoms with Crippen LogP contribution >= 0.6 is 0 Å². The molecule has 0 fully saturated rings. The summed E-state index contributed by atoms with van der Waals surface area (Å²) < 4.78 is 4.87. The van der Waals surface area contributed by atoms with Gasteiger partial charge in [0.2, 0.25) is 0 Å². The molecule has 0 aromatic heterocycles. The van der Waals surface area contributed by atoms with E-state index in [1.807, 2.05) is 6.07 Å². The lowest BCUT2D eigenvalue weighted by Crippen LogP contribution is -2.39. The first-order valence-corrected chi connectivity index (χ1v) is 5.58. The van der Waals surface area contributed by atoms with Crippen molar-refractivity contribution in [1.82, 2.24) is 5.06 Å². The molecule has 5 heteroatoms. The van der Waals surface area contributed by atoms with Gasteiger partial charge in [-0.1, -0.05) is 30.3 Å². The number of hydroxylamine groups is 2. The second-order valence-corrected chi connectivity index (χ2v) is 4.85. The number of hydrogen-bond donors (Lipinski definition) is 1. The van der Waals surface area contributed by atoms with E-state index in [-0.39, 0.29) is 11.5 Å². The van der Waals surface area contributed by atoms with Crippen molar-refractivity contribution in [3.63, 3.8) is 0 Å². The third-order valence-electron chi connectivity index (χ3n) is 2.00. The molecular weight excluding hydrogens is 234 g/mol. The summed E-state index contributed by atoms with van der Waals surface area (Å²) in [5, 5.41) is 9.43. The smallest absolute Gasteiger partial charge is 0.441 e. The van der Waals surface area contributed by atoms with Crippen molar-refractivity contribution in [1.29, 1.82) is 0 Å². The standard InChI is InChI=1S/C13H17NO4/c1-13(2,3)18-12(16)14(17)11(15)9-10-7-5-4-6-8-10/h4-8,17H,9H2,1-3H3. The van der Waals surface area contributed by atoms with Gasteiger partial charge in [-0.15, -0.1) is 5.06 Å². The monoisotopic (exact) mass is 251 g/mol. The van der Waals surface area contributed by atoms with E-state index in [1.54, 1.807) is 45.0 Å². The largest absolute Gasteiger partial charge is 0.442 e. The SMILES string of the molecule is CC(C)(C)OC(=O)N(O)C(=O)Cc1ccccc1. The minimum Gasteiger partial charge on any atom is -0.442 e. The summed E-state index contributed by atoms with van der Waals surface area (Å²) in [6, 6.07) is 8.84. The molecular formula is C13H17NO4. The highest BCUT2D eigenvalue weighted by Gasteiger charge is 2.25. The molecule has 1 rings (SSSR count). The highest BCUT2D eigenvalue weighted by atomic mass is 16.6. The highest BCUT2D eigenvalue weighted by Crippen LogP contribution is 2.10. The van der Waals surface area contributed by atoms with Gasteiger partial charge in [0, 0.05) is 0 Å². The van der Waals surface area contributed by atoms with Crippen LogP contribution in [0.3, 0.4) is 0 Å². The lowest BCUT2D eigenvalue weighted by molar-refractivity contribution is -0.159. The molecule has 0 heterocycles. The van der Waals surface area contributed by atoms with Crippen molar-refractivity contribution in [2.24, 2.45) is 0 Å². The van der Waals surface area contributed by atoms with Crippen molar-refractivity contribution in [2.75, 3.05) is 0 Å². The number of ether oxygens (including phenoxy) is 1. The van der Waals surface area contributed by atoms with Crippen LogP contribution in [0.25, 0.3) is 0 Å². The fourth-order valence-electron chi connectivity index (χ4n) is 1.25. The van der Waals surface area contributed by atoms with Crippen molar-refractivity contribution >= 4 is 12.0 Å². The number of amides is 2. The normalized spacial score (nSPS) is 10.9. The Kier molecular flexibility index (Phi) is 4.44. The quantitative estimate of drug-likeness (QED) is 0.647. The van der Waals surface area contributed by atoms with Crippen LogP contribution in [0.2, 0.25) is 0 Å². The Labute approximate surface area is 106 Å². The predicted octanol–water partition coefficient (Wildman–Crippen LogP) is 2.38. The van der Waals surface area contributed by atoms with Gasteiger partial charge in [-0.05, 0) is 26.3 Å². The minimum atomic E-state index is -1.07. The van der Waals surface area contributed by atoms with E-state index in [2.05, 4.69) is 0 Å². The van der Waals surface area contributed by atoms with E-state index in [0.29, 0.717) is 5.56 Å². The summed E-state index contributed by atoms with van der Waals surface area (Å²) in [5.74, 6) is -0.726. The van der Waals surface area contributed by atoms with Crippen LogP contribution in [0.4, 0.5) is 4.79 Å². The number of nitrogens with zero attached hydrogens (tertiary/aromatic N) is 1. The number of rotatable bonds is 2.